The van der Waals surface area contributed by atoms with E-state index in [9.17, 15) is 9.59 Å². The number of carbonyl (C=O) groups excluding carboxylic acids is 2. The number of pyridine rings is 1. The monoisotopic (exact) mass is 311 g/mol. The van der Waals surface area contributed by atoms with Gasteiger partial charge < -0.3 is 10.1 Å². The topological polar surface area (TPSA) is 71.5 Å². The fourth-order valence-electron chi connectivity index (χ4n) is 2.43. The molecule has 1 fully saturated rings. The summed E-state index contributed by atoms with van der Waals surface area (Å²) < 4.78 is 5.03. The summed E-state index contributed by atoms with van der Waals surface area (Å²) in [6.45, 7) is 0.793. The fraction of sp³-hybridized carbons (Fsp3) is 0.235. The second kappa shape index (κ2) is 6.91. The van der Waals surface area contributed by atoms with Gasteiger partial charge in [-0.2, -0.15) is 0 Å². The standard InChI is InChI=1S/C17H17N3O3/c21-16(19-10-13-5-2-1-3-6-13)15-12-23-17(22)20(15)11-14-7-4-8-18-9-14/h1-9,15H,10-12H2,(H,19,21)/t15-/m0/s1. The lowest BCUT2D eigenvalue weighted by molar-refractivity contribution is -0.125. The zero-order valence-corrected chi connectivity index (χ0v) is 12.5. The van der Waals surface area contributed by atoms with E-state index in [1.54, 1.807) is 18.5 Å². The van der Waals surface area contributed by atoms with Crippen molar-refractivity contribution < 1.29 is 14.3 Å². The van der Waals surface area contributed by atoms with Gasteiger partial charge in [0.25, 0.3) is 0 Å². The largest absolute Gasteiger partial charge is 0.447 e. The van der Waals surface area contributed by atoms with Gasteiger partial charge in [-0.1, -0.05) is 36.4 Å². The molecule has 2 heterocycles. The number of benzene rings is 1. The van der Waals surface area contributed by atoms with Crippen LogP contribution in [0, 0.1) is 0 Å². The molecule has 1 atom stereocenters. The predicted molar refractivity (Wildman–Crippen MR) is 83.2 cm³/mol. The van der Waals surface area contributed by atoms with Crippen molar-refractivity contribution in [3.05, 3.63) is 66.0 Å². The van der Waals surface area contributed by atoms with Crippen molar-refractivity contribution in [2.45, 2.75) is 19.1 Å². The van der Waals surface area contributed by atoms with Crippen LogP contribution in [0.1, 0.15) is 11.1 Å². The Morgan fingerprint density at radius 3 is 2.74 bits per heavy atom. The highest BCUT2D eigenvalue weighted by atomic mass is 16.6. The maximum atomic E-state index is 12.4. The van der Waals surface area contributed by atoms with Gasteiger partial charge in [0.05, 0.1) is 6.54 Å². The maximum absolute atomic E-state index is 12.4. The van der Waals surface area contributed by atoms with Gasteiger partial charge >= 0.3 is 6.09 Å². The molecular formula is C17H17N3O3. The van der Waals surface area contributed by atoms with Gasteiger partial charge in [0.15, 0.2) is 0 Å². The second-order valence-electron chi connectivity index (χ2n) is 5.29. The van der Waals surface area contributed by atoms with Crippen LogP contribution in [0.3, 0.4) is 0 Å². The van der Waals surface area contributed by atoms with Crippen molar-refractivity contribution in [2.24, 2.45) is 0 Å². The van der Waals surface area contributed by atoms with E-state index in [0.29, 0.717) is 13.1 Å². The lowest BCUT2D eigenvalue weighted by Gasteiger charge is -2.20. The third kappa shape index (κ3) is 3.66. The summed E-state index contributed by atoms with van der Waals surface area (Å²) in [5, 5.41) is 2.85. The number of rotatable bonds is 5. The Balaban J connectivity index is 1.63. The van der Waals surface area contributed by atoms with E-state index in [1.165, 1.54) is 4.90 Å². The van der Waals surface area contributed by atoms with E-state index < -0.39 is 12.1 Å². The Bertz CT molecular complexity index is 676. The first-order valence-electron chi connectivity index (χ1n) is 7.38. The van der Waals surface area contributed by atoms with Crippen molar-refractivity contribution in [3.8, 4) is 0 Å². The normalized spacial score (nSPS) is 17.0. The maximum Gasteiger partial charge on any atom is 0.410 e. The van der Waals surface area contributed by atoms with Crippen LogP contribution in [0.2, 0.25) is 0 Å². The Kier molecular flexibility index (Phi) is 4.52. The van der Waals surface area contributed by atoms with Crippen molar-refractivity contribution in [2.75, 3.05) is 6.61 Å². The average Bonchev–Trinajstić information content (AvgIpc) is 2.95. The number of cyclic esters (lactones) is 1. The number of hydrogen-bond donors (Lipinski definition) is 1. The number of carbonyl (C=O) groups is 2. The smallest absolute Gasteiger partial charge is 0.410 e. The summed E-state index contributed by atoms with van der Waals surface area (Å²) in [6.07, 6.45) is 2.86. The molecule has 2 aromatic rings. The predicted octanol–water partition coefficient (Wildman–Crippen LogP) is 1.72. The Hall–Kier alpha value is -2.89. The molecule has 1 N–H and O–H groups in total. The quantitative estimate of drug-likeness (QED) is 0.912. The van der Waals surface area contributed by atoms with Gasteiger partial charge in [0, 0.05) is 18.9 Å². The minimum absolute atomic E-state index is 0.0692. The summed E-state index contributed by atoms with van der Waals surface area (Å²) in [4.78, 5) is 29.7. The molecule has 0 saturated carbocycles. The van der Waals surface area contributed by atoms with Crippen LogP contribution in [0.25, 0.3) is 0 Å². The zero-order valence-electron chi connectivity index (χ0n) is 12.5. The Morgan fingerprint density at radius 1 is 1.22 bits per heavy atom. The van der Waals surface area contributed by atoms with E-state index in [1.807, 2.05) is 36.4 Å². The van der Waals surface area contributed by atoms with Crippen LogP contribution >= 0.6 is 0 Å². The van der Waals surface area contributed by atoms with Gasteiger partial charge in [-0.25, -0.2) is 4.79 Å². The highest BCUT2D eigenvalue weighted by Gasteiger charge is 2.37. The van der Waals surface area contributed by atoms with Gasteiger partial charge in [-0.15, -0.1) is 0 Å². The molecule has 1 aromatic carbocycles. The number of ether oxygens (including phenoxy) is 1. The third-order valence-electron chi connectivity index (χ3n) is 3.66. The van der Waals surface area contributed by atoms with E-state index in [2.05, 4.69) is 10.3 Å². The number of nitrogens with one attached hydrogen (secondary N) is 1. The lowest BCUT2D eigenvalue weighted by atomic mass is 10.2. The number of aromatic nitrogens is 1. The summed E-state index contributed by atoms with van der Waals surface area (Å²) in [6, 6.07) is 12.7. The minimum atomic E-state index is -0.619. The molecule has 118 valence electrons. The summed E-state index contributed by atoms with van der Waals surface area (Å²) >= 11 is 0. The molecule has 1 aliphatic heterocycles. The molecule has 23 heavy (non-hydrogen) atoms. The SMILES string of the molecule is O=C(NCc1ccccc1)[C@@H]1COC(=O)N1Cc1cccnc1. The molecule has 0 spiro atoms. The Morgan fingerprint density at radius 2 is 2.00 bits per heavy atom. The molecule has 0 bridgehead atoms. The molecule has 6 nitrogen and oxygen atoms in total. The van der Waals surface area contributed by atoms with Crippen LogP contribution < -0.4 is 5.32 Å². The van der Waals surface area contributed by atoms with E-state index in [4.69, 9.17) is 4.74 Å². The molecule has 0 aliphatic carbocycles. The van der Waals surface area contributed by atoms with Gasteiger partial charge in [0.2, 0.25) is 5.91 Å². The molecule has 1 aromatic heterocycles. The fourth-order valence-corrected chi connectivity index (χ4v) is 2.43. The second-order valence-corrected chi connectivity index (χ2v) is 5.29. The minimum Gasteiger partial charge on any atom is -0.447 e. The molecule has 3 rings (SSSR count). The summed E-state index contributed by atoms with van der Waals surface area (Å²) in [5.41, 5.74) is 1.86. The van der Waals surface area contributed by atoms with E-state index in [-0.39, 0.29) is 12.5 Å². The zero-order chi connectivity index (χ0) is 16.1. The van der Waals surface area contributed by atoms with Crippen molar-refractivity contribution in [3.63, 3.8) is 0 Å². The van der Waals surface area contributed by atoms with Gasteiger partial charge in [0.1, 0.15) is 12.6 Å². The van der Waals surface area contributed by atoms with Crippen LogP contribution in [0.4, 0.5) is 4.79 Å². The molecule has 2 amide bonds. The third-order valence-corrected chi connectivity index (χ3v) is 3.66. The number of nitrogens with zero attached hydrogens (tertiary/aromatic N) is 2. The number of hydrogen-bond acceptors (Lipinski definition) is 4. The lowest BCUT2D eigenvalue weighted by Crippen LogP contribution is -2.45. The van der Waals surface area contributed by atoms with E-state index >= 15 is 0 Å². The average molecular weight is 311 g/mol. The molecule has 6 heteroatoms. The highest BCUT2D eigenvalue weighted by Crippen LogP contribution is 2.16. The molecular weight excluding hydrogens is 294 g/mol. The molecule has 0 radical (unpaired) electrons. The van der Waals surface area contributed by atoms with E-state index in [0.717, 1.165) is 11.1 Å². The summed E-state index contributed by atoms with van der Waals surface area (Å²) in [7, 11) is 0. The van der Waals surface area contributed by atoms with Gasteiger partial charge in [-0.3, -0.25) is 14.7 Å². The first-order chi connectivity index (χ1) is 11.2. The molecule has 0 unspecified atom stereocenters. The van der Waals surface area contributed by atoms with Gasteiger partial charge in [-0.05, 0) is 17.2 Å². The molecule has 1 saturated heterocycles. The van der Waals surface area contributed by atoms with Crippen molar-refractivity contribution in [1.82, 2.24) is 15.2 Å². The first-order valence-corrected chi connectivity index (χ1v) is 7.38. The Labute approximate surface area is 134 Å². The van der Waals surface area contributed by atoms with Crippen molar-refractivity contribution >= 4 is 12.0 Å². The number of amides is 2. The van der Waals surface area contributed by atoms with Crippen LogP contribution in [0.15, 0.2) is 54.9 Å². The van der Waals surface area contributed by atoms with Crippen LogP contribution in [0.5, 0.6) is 0 Å². The van der Waals surface area contributed by atoms with Crippen LogP contribution in [-0.4, -0.2) is 34.5 Å². The molecule has 1 aliphatic rings. The summed E-state index contributed by atoms with van der Waals surface area (Å²) in [5.74, 6) is -0.219. The first kappa shape index (κ1) is 15.0. The highest BCUT2D eigenvalue weighted by molar-refractivity contribution is 5.87. The van der Waals surface area contributed by atoms with Crippen molar-refractivity contribution in [1.29, 1.82) is 0 Å². The van der Waals surface area contributed by atoms with Crippen LogP contribution in [-0.2, 0) is 22.6 Å².